The SMILES string of the molecule is Cc1ccc(CN)c(=O)n1CC1CCC2(CCCC2)O1. The predicted molar refractivity (Wildman–Crippen MR) is 78.6 cm³/mol. The van der Waals surface area contributed by atoms with Gasteiger partial charge in [0.2, 0.25) is 0 Å². The van der Waals surface area contributed by atoms with Gasteiger partial charge in [0.25, 0.3) is 5.56 Å². The van der Waals surface area contributed by atoms with Crippen LogP contribution in [-0.4, -0.2) is 16.3 Å². The molecule has 4 heteroatoms. The second kappa shape index (κ2) is 5.34. The topological polar surface area (TPSA) is 57.2 Å². The van der Waals surface area contributed by atoms with Crippen molar-refractivity contribution in [1.82, 2.24) is 4.57 Å². The smallest absolute Gasteiger partial charge is 0.255 e. The van der Waals surface area contributed by atoms with Gasteiger partial charge in [0, 0.05) is 17.8 Å². The van der Waals surface area contributed by atoms with Gasteiger partial charge in [-0.25, -0.2) is 0 Å². The maximum absolute atomic E-state index is 12.3. The molecule has 0 radical (unpaired) electrons. The van der Waals surface area contributed by atoms with Gasteiger partial charge in [-0.15, -0.1) is 0 Å². The fourth-order valence-corrected chi connectivity index (χ4v) is 3.71. The Labute approximate surface area is 119 Å². The van der Waals surface area contributed by atoms with Crippen molar-refractivity contribution >= 4 is 0 Å². The van der Waals surface area contributed by atoms with Gasteiger partial charge in [-0.1, -0.05) is 18.9 Å². The number of aryl methyl sites for hydroxylation is 1. The van der Waals surface area contributed by atoms with E-state index < -0.39 is 0 Å². The van der Waals surface area contributed by atoms with Crippen LogP contribution in [0.2, 0.25) is 0 Å². The fourth-order valence-electron chi connectivity index (χ4n) is 3.71. The summed E-state index contributed by atoms with van der Waals surface area (Å²) in [7, 11) is 0. The molecular formula is C16H24N2O2. The lowest BCUT2D eigenvalue weighted by Gasteiger charge is -2.24. The second-order valence-electron chi connectivity index (χ2n) is 6.29. The second-order valence-corrected chi connectivity index (χ2v) is 6.29. The number of hydrogen-bond acceptors (Lipinski definition) is 3. The zero-order valence-electron chi connectivity index (χ0n) is 12.2. The van der Waals surface area contributed by atoms with Crippen molar-refractivity contribution in [2.75, 3.05) is 0 Å². The maximum Gasteiger partial charge on any atom is 0.255 e. The van der Waals surface area contributed by atoms with Gasteiger partial charge in [0.1, 0.15) is 0 Å². The van der Waals surface area contributed by atoms with Gasteiger partial charge >= 0.3 is 0 Å². The van der Waals surface area contributed by atoms with Gasteiger partial charge in [0.15, 0.2) is 0 Å². The summed E-state index contributed by atoms with van der Waals surface area (Å²) in [5, 5.41) is 0. The number of rotatable bonds is 3. The molecule has 1 spiro atoms. The molecule has 0 aromatic carbocycles. The molecule has 2 N–H and O–H groups in total. The van der Waals surface area contributed by atoms with Gasteiger partial charge < -0.3 is 15.0 Å². The molecule has 2 fully saturated rings. The van der Waals surface area contributed by atoms with E-state index in [0.717, 1.165) is 18.5 Å². The summed E-state index contributed by atoms with van der Waals surface area (Å²) < 4.78 is 8.14. The third-order valence-corrected chi connectivity index (χ3v) is 4.93. The van der Waals surface area contributed by atoms with E-state index in [-0.39, 0.29) is 17.3 Å². The molecule has 3 rings (SSSR count). The number of hydrogen-bond donors (Lipinski definition) is 1. The Kier molecular flexibility index (Phi) is 3.69. The molecule has 1 saturated carbocycles. The molecule has 1 aliphatic heterocycles. The Hall–Kier alpha value is -1.13. The predicted octanol–water partition coefficient (Wildman–Crippen LogP) is 2.11. The van der Waals surface area contributed by atoms with Gasteiger partial charge in [-0.05, 0) is 38.7 Å². The van der Waals surface area contributed by atoms with Gasteiger partial charge in [-0.2, -0.15) is 0 Å². The summed E-state index contributed by atoms with van der Waals surface area (Å²) in [5.74, 6) is 0. The lowest BCUT2D eigenvalue weighted by atomic mass is 9.98. The van der Waals surface area contributed by atoms with Crippen LogP contribution in [0.25, 0.3) is 0 Å². The average molecular weight is 276 g/mol. The largest absolute Gasteiger partial charge is 0.370 e. The lowest BCUT2D eigenvalue weighted by Crippen LogP contribution is -2.33. The first-order valence-corrected chi connectivity index (χ1v) is 7.71. The first-order valence-electron chi connectivity index (χ1n) is 7.71. The highest BCUT2D eigenvalue weighted by Crippen LogP contribution is 2.43. The normalized spacial score (nSPS) is 24.6. The van der Waals surface area contributed by atoms with E-state index >= 15 is 0 Å². The van der Waals surface area contributed by atoms with E-state index in [1.165, 1.54) is 25.7 Å². The molecule has 2 heterocycles. The molecule has 1 aromatic rings. The van der Waals surface area contributed by atoms with E-state index in [1.807, 2.05) is 23.6 Å². The molecule has 0 bridgehead atoms. The van der Waals surface area contributed by atoms with Crippen molar-refractivity contribution < 1.29 is 4.74 Å². The molecule has 1 saturated heterocycles. The zero-order valence-corrected chi connectivity index (χ0v) is 12.2. The summed E-state index contributed by atoms with van der Waals surface area (Å²) in [6.07, 6.45) is 7.36. The van der Waals surface area contributed by atoms with Crippen LogP contribution in [0.3, 0.4) is 0 Å². The van der Waals surface area contributed by atoms with Crippen LogP contribution >= 0.6 is 0 Å². The number of nitrogens with two attached hydrogens (primary N) is 1. The summed E-state index contributed by atoms with van der Waals surface area (Å²) in [6.45, 7) is 2.94. The van der Waals surface area contributed by atoms with Crippen LogP contribution in [0, 0.1) is 6.92 Å². The van der Waals surface area contributed by atoms with Crippen LogP contribution in [0.15, 0.2) is 16.9 Å². The number of pyridine rings is 1. The molecular weight excluding hydrogens is 252 g/mol. The zero-order chi connectivity index (χ0) is 14.2. The molecule has 4 nitrogen and oxygen atoms in total. The Balaban J connectivity index is 1.77. The van der Waals surface area contributed by atoms with Crippen LogP contribution < -0.4 is 11.3 Å². The highest BCUT2D eigenvalue weighted by Gasteiger charge is 2.42. The Bertz CT molecular complexity index is 544. The molecule has 1 aliphatic carbocycles. The summed E-state index contributed by atoms with van der Waals surface area (Å²) in [6, 6.07) is 3.81. The van der Waals surface area contributed by atoms with Gasteiger partial charge in [-0.3, -0.25) is 4.79 Å². The minimum absolute atomic E-state index is 0.0449. The summed E-state index contributed by atoms with van der Waals surface area (Å²) in [4.78, 5) is 12.3. The van der Waals surface area contributed by atoms with E-state index in [4.69, 9.17) is 10.5 Å². The Morgan fingerprint density at radius 1 is 1.35 bits per heavy atom. The average Bonchev–Trinajstić information content (AvgIpc) is 3.06. The minimum atomic E-state index is 0.0449. The van der Waals surface area contributed by atoms with Crippen molar-refractivity contribution in [3.05, 3.63) is 33.7 Å². The quantitative estimate of drug-likeness (QED) is 0.920. The third-order valence-electron chi connectivity index (χ3n) is 4.93. The Morgan fingerprint density at radius 2 is 2.10 bits per heavy atom. The van der Waals surface area contributed by atoms with Crippen LogP contribution in [-0.2, 0) is 17.8 Å². The monoisotopic (exact) mass is 276 g/mol. The molecule has 0 amide bonds. The molecule has 1 aromatic heterocycles. The van der Waals surface area contributed by atoms with E-state index in [2.05, 4.69) is 0 Å². The number of nitrogens with zero attached hydrogens (tertiary/aromatic N) is 1. The first-order chi connectivity index (χ1) is 9.63. The Morgan fingerprint density at radius 3 is 2.80 bits per heavy atom. The van der Waals surface area contributed by atoms with E-state index in [9.17, 15) is 4.79 Å². The molecule has 2 aliphatic rings. The summed E-state index contributed by atoms with van der Waals surface area (Å²) >= 11 is 0. The minimum Gasteiger partial charge on any atom is -0.370 e. The van der Waals surface area contributed by atoms with Crippen molar-refractivity contribution in [2.24, 2.45) is 5.73 Å². The highest BCUT2D eigenvalue weighted by molar-refractivity contribution is 5.15. The van der Waals surface area contributed by atoms with Crippen molar-refractivity contribution in [1.29, 1.82) is 0 Å². The summed E-state index contributed by atoms with van der Waals surface area (Å²) in [5.41, 5.74) is 7.48. The van der Waals surface area contributed by atoms with Crippen molar-refractivity contribution in [3.8, 4) is 0 Å². The van der Waals surface area contributed by atoms with Crippen molar-refractivity contribution in [3.63, 3.8) is 0 Å². The third kappa shape index (κ3) is 2.42. The maximum atomic E-state index is 12.3. The van der Waals surface area contributed by atoms with Gasteiger partial charge in [0.05, 0.1) is 18.2 Å². The molecule has 1 unspecified atom stereocenters. The molecule has 20 heavy (non-hydrogen) atoms. The highest BCUT2D eigenvalue weighted by atomic mass is 16.5. The fraction of sp³-hybridized carbons (Fsp3) is 0.688. The van der Waals surface area contributed by atoms with Crippen LogP contribution in [0.5, 0.6) is 0 Å². The molecule has 1 atom stereocenters. The number of aromatic nitrogens is 1. The van der Waals surface area contributed by atoms with E-state index in [0.29, 0.717) is 18.7 Å². The molecule has 110 valence electrons. The van der Waals surface area contributed by atoms with Crippen LogP contribution in [0.4, 0.5) is 0 Å². The van der Waals surface area contributed by atoms with Crippen LogP contribution in [0.1, 0.15) is 49.8 Å². The first kappa shape index (κ1) is 13.8. The standard InChI is InChI=1S/C16H24N2O2/c1-12-4-5-13(10-17)15(19)18(12)11-14-6-9-16(20-14)7-2-3-8-16/h4-5,14H,2-3,6-11,17H2,1H3. The van der Waals surface area contributed by atoms with Crippen molar-refractivity contribution in [2.45, 2.75) is 70.2 Å². The number of ether oxygens (including phenoxy) is 1. The van der Waals surface area contributed by atoms with E-state index in [1.54, 1.807) is 0 Å². The lowest BCUT2D eigenvalue weighted by molar-refractivity contribution is -0.0423.